The van der Waals surface area contributed by atoms with Crippen LogP contribution in [-0.2, 0) is 21.4 Å². The molecular formula is C32H36F2N8O5. The summed E-state index contributed by atoms with van der Waals surface area (Å²) in [6.07, 6.45) is 11.6. The number of rotatable bonds is 8. The number of fused-ring (bicyclic) bond motifs is 1. The Morgan fingerprint density at radius 3 is 2.51 bits per heavy atom. The molecule has 2 N–H and O–H groups in total. The third-order valence-electron chi connectivity index (χ3n) is 6.70. The van der Waals surface area contributed by atoms with Gasteiger partial charge in [0, 0.05) is 57.8 Å². The van der Waals surface area contributed by atoms with Gasteiger partial charge in [-0.2, -0.15) is 14.6 Å². The van der Waals surface area contributed by atoms with Crippen LogP contribution in [0.1, 0.15) is 5.56 Å². The van der Waals surface area contributed by atoms with Crippen molar-refractivity contribution in [3.8, 4) is 29.8 Å². The Morgan fingerprint density at radius 2 is 1.89 bits per heavy atom. The summed E-state index contributed by atoms with van der Waals surface area (Å²) < 4.78 is 37.1. The van der Waals surface area contributed by atoms with Crippen LogP contribution in [0.15, 0.2) is 70.1 Å². The number of halogens is 2. The number of hydrogen-bond acceptors (Lipinski definition) is 10. The smallest absolute Gasteiger partial charge is 0.406 e. The third kappa shape index (κ3) is 9.30. The highest BCUT2D eigenvalue weighted by Gasteiger charge is 2.22. The fourth-order valence-electron chi connectivity index (χ4n) is 4.42. The van der Waals surface area contributed by atoms with Crippen molar-refractivity contribution >= 4 is 23.5 Å². The van der Waals surface area contributed by atoms with Gasteiger partial charge in [-0.25, -0.2) is 23.8 Å². The number of pyridine rings is 2. The average Bonchev–Trinajstić information content (AvgIpc) is 3.78. The summed E-state index contributed by atoms with van der Waals surface area (Å²) in [6, 6.07) is 14.2. The first-order valence-electron chi connectivity index (χ1n) is 14.2. The number of carbonyl (C=O) groups excluding carboxylic acids is 1. The quantitative estimate of drug-likeness (QED) is 0.146. The van der Waals surface area contributed by atoms with Crippen LogP contribution in [0.25, 0.3) is 28.2 Å². The Morgan fingerprint density at radius 1 is 1.15 bits per heavy atom. The van der Waals surface area contributed by atoms with Gasteiger partial charge in [-0.05, 0) is 37.3 Å². The number of hydrogen-bond donors (Lipinski definition) is 2. The van der Waals surface area contributed by atoms with Crippen molar-refractivity contribution in [3.05, 3.63) is 88.8 Å². The largest absolute Gasteiger partial charge is 0.420 e. The number of carbonyl (C=O) groups is 1. The molecule has 1 aliphatic rings. The van der Waals surface area contributed by atoms with E-state index >= 15 is 0 Å². The molecule has 1 amide bonds. The van der Waals surface area contributed by atoms with Gasteiger partial charge in [0.2, 0.25) is 12.4 Å². The van der Waals surface area contributed by atoms with Crippen molar-refractivity contribution in [1.29, 1.82) is 0 Å². The molecule has 248 valence electrons. The monoisotopic (exact) mass is 650 g/mol. The maximum absolute atomic E-state index is 11.9. The van der Waals surface area contributed by atoms with Crippen molar-refractivity contribution in [2.75, 3.05) is 45.8 Å². The zero-order valence-corrected chi connectivity index (χ0v) is 26.4. The number of para-hydroxylation sites is 1. The molecule has 4 aromatic heterocycles. The number of methoxy groups -OCH3 is 1. The van der Waals surface area contributed by atoms with Gasteiger partial charge < -0.3 is 19.8 Å². The van der Waals surface area contributed by atoms with E-state index in [9.17, 15) is 18.4 Å². The minimum absolute atomic E-state index is 0.124. The lowest BCUT2D eigenvalue weighted by Crippen LogP contribution is -2.33. The Labute approximate surface area is 270 Å². The minimum Gasteiger partial charge on any atom is -0.406 e. The maximum atomic E-state index is 11.9. The molecule has 1 aromatic carbocycles. The van der Waals surface area contributed by atoms with Gasteiger partial charge in [0.15, 0.2) is 17.0 Å². The fourth-order valence-corrected chi connectivity index (χ4v) is 4.42. The van der Waals surface area contributed by atoms with E-state index in [1.165, 1.54) is 16.8 Å². The first kappa shape index (κ1) is 36.0. The summed E-state index contributed by atoms with van der Waals surface area (Å²) >= 11 is 0. The lowest BCUT2D eigenvalue weighted by molar-refractivity contribution is -0.118. The van der Waals surface area contributed by atoms with Crippen molar-refractivity contribution < 1.29 is 27.6 Å². The predicted octanol–water partition coefficient (Wildman–Crippen LogP) is 3.33. The number of benzene rings is 1. The van der Waals surface area contributed by atoms with Crippen molar-refractivity contribution in [3.63, 3.8) is 0 Å². The molecule has 1 saturated heterocycles. The van der Waals surface area contributed by atoms with Gasteiger partial charge >= 0.3 is 5.76 Å². The van der Waals surface area contributed by atoms with Gasteiger partial charge in [-0.15, -0.1) is 12.8 Å². The molecule has 5 aromatic rings. The van der Waals surface area contributed by atoms with Crippen LogP contribution in [-0.4, -0.2) is 82.3 Å². The van der Waals surface area contributed by atoms with Gasteiger partial charge in [0.05, 0.1) is 30.6 Å². The minimum atomic E-state index is -1.05. The van der Waals surface area contributed by atoms with E-state index in [1.807, 2.05) is 49.0 Å². The fraction of sp³-hybridized carbons (Fsp3) is 0.281. The number of oxazole rings is 1. The number of hydroxylamine groups is 2. The van der Waals surface area contributed by atoms with Gasteiger partial charge in [-0.1, -0.05) is 18.2 Å². The highest BCUT2D eigenvalue weighted by molar-refractivity contribution is 5.78. The van der Waals surface area contributed by atoms with E-state index in [0.29, 0.717) is 30.9 Å². The number of anilines is 1. The lowest BCUT2D eigenvalue weighted by Gasteiger charge is -2.12. The van der Waals surface area contributed by atoms with Gasteiger partial charge in [-0.3, -0.25) is 14.2 Å². The van der Waals surface area contributed by atoms with Crippen molar-refractivity contribution in [1.82, 2.24) is 34.7 Å². The number of aromatic nitrogens is 5. The van der Waals surface area contributed by atoms with Crippen LogP contribution >= 0.6 is 0 Å². The molecule has 0 spiro atoms. The number of ether oxygens (including phenoxy) is 1. The molecule has 1 fully saturated rings. The number of amides is 1. The van der Waals surface area contributed by atoms with E-state index in [4.69, 9.17) is 19.1 Å². The van der Waals surface area contributed by atoms with Crippen LogP contribution in [0.3, 0.4) is 0 Å². The molecule has 5 heterocycles. The second kappa shape index (κ2) is 17.9. The van der Waals surface area contributed by atoms with Crippen LogP contribution in [0.4, 0.5) is 14.6 Å². The average molecular weight is 651 g/mol. The van der Waals surface area contributed by atoms with Crippen LogP contribution < -0.4 is 16.4 Å². The first-order chi connectivity index (χ1) is 22.8. The highest BCUT2D eigenvalue weighted by atomic mass is 19.2. The second-order valence-corrected chi connectivity index (χ2v) is 9.73. The Hall–Kier alpha value is -5.43. The maximum Gasteiger partial charge on any atom is 0.420 e. The summed E-state index contributed by atoms with van der Waals surface area (Å²) in [5.74, 6) is -1.49. The Balaban J connectivity index is 0.000000226. The molecule has 1 aliphatic heterocycles. The molecule has 13 nitrogen and oxygen atoms in total. The first-order valence-corrected chi connectivity index (χ1v) is 14.2. The predicted molar refractivity (Wildman–Crippen MR) is 173 cm³/mol. The molecule has 1 unspecified atom stereocenters. The summed E-state index contributed by atoms with van der Waals surface area (Å²) in [6.45, 7) is 4.69. The van der Waals surface area contributed by atoms with Gasteiger partial charge in [0.1, 0.15) is 5.82 Å². The van der Waals surface area contributed by atoms with E-state index in [2.05, 4.69) is 33.4 Å². The summed E-state index contributed by atoms with van der Waals surface area (Å²) in [4.78, 5) is 34.4. The standard InChI is InChI=1S/C18H17N5O2.C7H14N2O3.C5H3F2N.C2H2/c1-11-15(12-9-14-17(20-10-12)22(3)18(24)25-14)21-23(16(11)19-2)13-7-5-4-6-8-13;1-11-3-2-9-4-7(5-12-9)8-6-10;6-4-2-1-3-8-5(4)7;1-2/h4-10,19H,1-3H3;6-7H,2-5H2,1H3,(H,8,10);1-3H;1-2H. The Bertz CT molecular complexity index is 1780. The molecule has 0 bridgehead atoms. The van der Waals surface area contributed by atoms with E-state index in [0.717, 1.165) is 47.5 Å². The normalized spacial score (nSPS) is 13.7. The van der Waals surface area contributed by atoms with Gasteiger partial charge in [0.25, 0.3) is 0 Å². The molecule has 0 aliphatic carbocycles. The number of aryl methyl sites for hydroxylation is 1. The third-order valence-corrected chi connectivity index (χ3v) is 6.70. The molecule has 0 radical (unpaired) electrons. The van der Waals surface area contributed by atoms with E-state index in [1.54, 1.807) is 31.5 Å². The number of nitrogens with one attached hydrogen (secondary N) is 2. The molecule has 47 heavy (non-hydrogen) atoms. The second-order valence-electron chi connectivity index (χ2n) is 9.73. The molecule has 0 saturated carbocycles. The highest BCUT2D eigenvalue weighted by Crippen LogP contribution is 2.31. The van der Waals surface area contributed by atoms with Crippen LogP contribution in [0.2, 0.25) is 0 Å². The van der Waals surface area contributed by atoms with Crippen LogP contribution in [0, 0.1) is 31.5 Å². The number of terminal acetylenes is 1. The topological polar surface area (TPSA) is 142 Å². The summed E-state index contributed by atoms with van der Waals surface area (Å²) in [5.41, 5.74) is 4.50. The number of nitrogens with zero attached hydrogens (tertiary/aromatic N) is 6. The van der Waals surface area contributed by atoms with Crippen molar-refractivity contribution in [2.24, 2.45) is 7.05 Å². The van der Waals surface area contributed by atoms with E-state index < -0.39 is 17.5 Å². The Kier molecular flexibility index (Phi) is 13.7. The van der Waals surface area contributed by atoms with Crippen molar-refractivity contribution in [2.45, 2.75) is 13.0 Å². The lowest BCUT2D eigenvalue weighted by atomic mass is 10.1. The van der Waals surface area contributed by atoms with Crippen LogP contribution in [0.5, 0.6) is 0 Å². The zero-order valence-electron chi connectivity index (χ0n) is 26.4. The SMILES string of the molecule is C#C.CNc1c(C)c(-c2cnc3c(c2)oc(=O)n3C)nn1-c1ccccc1.COCCN1CC(NC=O)CO1.Fc1cccnc1F. The summed E-state index contributed by atoms with van der Waals surface area (Å²) in [7, 11) is 5.15. The molecular weight excluding hydrogens is 614 g/mol. The molecule has 6 rings (SSSR count). The molecule has 1 atom stereocenters. The summed E-state index contributed by atoms with van der Waals surface area (Å²) in [5, 5.41) is 12.4. The zero-order chi connectivity index (χ0) is 34.3. The van der Waals surface area contributed by atoms with E-state index in [-0.39, 0.29) is 6.04 Å². The molecule has 15 heteroatoms.